The van der Waals surface area contributed by atoms with Crippen LogP contribution in [0.3, 0.4) is 0 Å². The average Bonchev–Trinajstić information content (AvgIpc) is 2.93. The van der Waals surface area contributed by atoms with Crippen molar-refractivity contribution in [2.45, 2.75) is 50.7 Å². The van der Waals surface area contributed by atoms with Crippen molar-refractivity contribution in [3.05, 3.63) is 54.2 Å². The number of nitrogens with zero attached hydrogens (tertiary/aromatic N) is 4. The third kappa shape index (κ3) is 5.07. The fourth-order valence-corrected chi connectivity index (χ4v) is 5.06. The second kappa shape index (κ2) is 10.7. The van der Waals surface area contributed by atoms with Gasteiger partial charge in [0.25, 0.3) is 0 Å². The average molecular weight is 508 g/mol. The molecule has 0 amide bonds. The summed E-state index contributed by atoms with van der Waals surface area (Å²) in [6.45, 7) is 0.450. The molecule has 2 aromatic carbocycles. The second-order valence-corrected chi connectivity index (χ2v) is 9.28. The van der Waals surface area contributed by atoms with Crippen LogP contribution in [0.2, 0.25) is 0 Å². The van der Waals surface area contributed by atoms with Gasteiger partial charge in [-0.2, -0.15) is 4.98 Å². The monoisotopic (exact) mass is 507 g/mol. The van der Waals surface area contributed by atoms with E-state index < -0.39 is 6.35 Å². The molecule has 1 atom stereocenters. The molecular formula is C27H33N5O5. The Morgan fingerprint density at radius 3 is 2.30 bits per heavy atom. The van der Waals surface area contributed by atoms with Gasteiger partial charge in [0.15, 0.2) is 11.5 Å². The van der Waals surface area contributed by atoms with Gasteiger partial charge >= 0.3 is 0 Å². The number of benzene rings is 2. The fourth-order valence-electron chi connectivity index (χ4n) is 5.06. The Bertz CT molecular complexity index is 1220. The van der Waals surface area contributed by atoms with Crippen LogP contribution in [-0.4, -0.2) is 60.0 Å². The molecule has 1 aliphatic carbocycles. The number of aliphatic hydroxyl groups is 2. The van der Waals surface area contributed by atoms with E-state index in [1.807, 2.05) is 52.3 Å². The number of methoxy groups -OCH3 is 3. The Morgan fingerprint density at radius 1 is 0.892 bits per heavy atom. The van der Waals surface area contributed by atoms with Crippen molar-refractivity contribution >= 4 is 23.1 Å². The van der Waals surface area contributed by atoms with E-state index >= 15 is 0 Å². The summed E-state index contributed by atoms with van der Waals surface area (Å²) < 4.78 is 16.0. The van der Waals surface area contributed by atoms with Gasteiger partial charge in [-0.15, -0.1) is 0 Å². The van der Waals surface area contributed by atoms with Gasteiger partial charge in [0, 0.05) is 35.2 Å². The van der Waals surface area contributed by atoms with Gasteiger partial charge in [-0.1, -0.05) is 0 Å². The van der Waals surface area contributed by atoms with Crippen molar-refractivity contribution < 1.29 is 24.4 Å². The number of hydrogen-bond donors (Lipinski definition) is 3. The summed E-state index contributed by atoms with van der Waals surface area (Å²) in [5.74, 6) is 3.08. The Labute approximate surface area is 216 Å². The zero-order chi connectivity index (χ0) is 25.9. The SMILES string of the molecule is COc1ccc(N2Cc3cnc(Nc4ccc(OC)c(OC)c4)nc3N(C3CCC(O)CC3)C2O)cc1. The summed E-state index contributed by atoms with van der Waals surface area (Å²) in [5.41, 5.74) is 2.53. The molecule has 3 aromatic rings. The normalized spacial score (nSPS) is 21.3. The van der Waals surface area contributed by atoms with E-state index in [0.29, 0.717) is 42.7 Å². The van der Waals surface area contributed by atoms with Crippen LogP contribution < -0.4 is 29.3 Å². The number of aliphatic hydroxyl groups excluding tert-OH is 2. The van der Waals surface area contributed by atoms with Crippen LogP contribution in [-0.2, 0) is 6.54 Å². The molecule has 1 saturated carbocycles. The van der Waals surface area contributed by atoms with Crippen molar-refractivity contribution in [1.82, 2.24) is 9.97 Å². The molecule has 1 aliphatic heterocycles. The minimum absolute atomic E-state index is 0.0297. The molecular weight excluding hydrogens is 474 g/mol. The van der Waals surface area contributed by atoms with Crippen LogP contribution in [0, 0.1) is 0 Å². The quantitative estimate of drug-likeness (QED) is 0.438. The topological polar surface area (TPSA) is 112 Å². The number of aromatic nitrogens is 2. The number of fused-ring (bicyclic) bond motifs is 1. The molecule has 2 aliphatic rings. The molecule has 1 aromatic heterocycles. The standard InChI is InChI=1S/C27H33N5O5/c1-35-22-11-7-19(8-12-22)31-16-17-15-28-26(29-18-4-13-23(36-2)24(14-18)37-3)30-25(17)32(27(31)34)20-5-9-21(33)10-6-20/h4,7-8,11-15,20-21,27,33-34H,5-6,9-10,16H2,1-3H3,(H,28,29,30). The van der Waals surface area contributed by atoms with Crippen molar-refractivity contribution in [1.29, 1.82) is 0 Å². The second-order valence-electron chi connectivity index (χ2n) is 9.28. The highest BCUT2D eigenvalue weighted by atomic mass is 16.5. The van der Waals surface area contributed by atoms with Gasteiger partial charge in [-0.3, -0.25) is 0 Å². The van der Waals surface area contributed by atoms with Gasteiger partial charge in [0.05, 0.1) is 34.0 Å². The maximum absolute atomic E-state index is 11.6. The number of anilines is 4. The van der Waals surface area contributed by atoms with Gasteiger partial charge in [0.1, 0.15) is 11.6 Å². The van der Waals surface area contributed by atoms with Gasteiger partial charge in [-0.25, -0.2) is 4.98 Å². The third-order valence-corrected chi connectivity index (χ3v) is 7.06. The molecule has 1 fully saturated rings. The maximum Gasteiger partial charge on any atom is 0.229 e. The Kier molecular flexibility index (Phi) is 7.20. The lowest BCUT2D eigenvalue weighted by molar-refractivity contribution is 0.0963. The molecule has 0 spiro atoms. The first-order valence-corrected chi connectivity index (χ1v) is 12.4. The highest BCUT2D eigenvalue weighted by molar-refractivity contribution is 5.64. The predicted octanol–water partition coefficient (Wildman–Crippen LogP) is 3.65. The highest BCUT2D eigenvalue weighted by Crippen LogP contribution is 2.38. The van der Waals surface area contributed by atoms with Gasteiger partial charge in [-0.05, 0) is 62.1 Å². The fraction of sp³-hybridized carbons (Fsp3) is 0.407. The summed E-state index contributed by atoms with van der Waals surface area (Å²) in [6.07, 6.45) is 3.47. The molecule has 1 unspecified atom stereocenters. The molecule has 10 heteroatoms. The highest BCUT2D eigenvalue weighted by Gasteiger charge is 2.38. The van der Waals surface area contributed by atoms with E-state index in [9.17, 15) is 10.2 Å². The van der Waals surface area contributed by atoms with E-state index in [0.717, 1.165) is 35.5 Å². The molecule has 5 rings (SSSR count). The lowest BCUT2D eigenvalue weighted by atomic mass is 9.91. The maximum atomic E-state index is 11.6. The summed E-state index contributed by atoms with van der Waals surface area (Å²) in [5, 5.41) is 25.0. The van der Waals surface area contributed by atoms with Gasteiger partial charge in [0.2, 0.25) is 12.3 Å². The third-order valence-electron chi connectivity index (χ3n) is 7.06. The van der Waals surface area contributed by atoms with E-state index in [1.165, 1.54) is 0 Å². The van der Waals surface area contributed by atoms with Crippen LogP contribution in [0.1, 0.15) is 31.2 Å². The number of rotatable bonds is 7. The van der Waals surface area contributed by atoms with E-state index in [1.54, 1.807) is 27.5 Å². The molecule has 196 valence electrons. The van der Waals surface area contributed by atoms with Crippen LogP contribution in [0.5, 0.6) is 17.2 Å². The number of ether oxygens (including phenoxy) is 3. The van der Waals surface area contributed by atoms with Crippen molar-refractivity contribution in [3.8, 4) is 17.2 Å². The van der Waals surface area contributed by atoms with Crippen LogP contribution in [0.15, 0.2) is 48.7 Å². The number of hydrogen-bond acceptors (Lipinski definition) is 10. The zero-order valence-corrected chi connectivity index (χ0v) is 21.3. The predicted molar refractivity (Wildman–Crippen MR) is 141 cm³/mol. The largest absolute Gasteiger partial charge is 0.497 e. The van der Waals surface area contributed by atoms with Crippen molar-refractivity contribution in [2.75, 3.05) is 36.4 Å². The first-order chi connectivity index (χ1) is 18.0. The Balaban J connectivity index is 1.48. The number of nitrogens with one attached hydrogen (secondary N) is 1. The van der Waals surface area contributed by atoms with E-state index in [2.05, 4.69) is 10.3 Å². The van der Waals surface area contributed by atoms with Crippen LogP contribution in [0.4, 0.5) is 23.1 Å². The molecule has 2 heterocycles. The molecule has 0 bridgehead atoms. The minimum Gasteiger partial charge on any atom is -0.497 e. The zero-order valence-electron chi connectivity index (χ0n) is 21.3. The van der Waals surface area contributed by atoms with E-state index in [4.69, 9.17) is 19.2 Å². The lowest BCUT2D eigenvalue weighted by Crippen LogP contribution is -2.57. The smallest absolute Gasteiger partial charge is 0.229 e. The first kappa shape index (κ1) is 24.9. The van der Waals surface area contributed by atoms with Crippen LogP contribution >= 0.6 is 0 Å². The first-order valence-electron chi connectivity index (χ1n) is 12.4. The minimum atomic E-state index is -0.926. The van der Waals surface area contributed by atoms with Gasteiger partial charge < -0.3 is 39.5 Å². The summed E-state index contributed by atoms with van der Waals surface area (Å²) in [7, 11) is 4.81. The lowest BCUT2D eigenvalue weighted by Gasteiger charge is -2.47. The molecule has 3 N–H and O–H groups in total. The molecule has 0 radical (unpaired) electrons. The summed E-state index contributed by atoms with van der Waals surface area (Å²) >= 11 is 0. The summed E-state index contributed by atoms with van der Waals surface area (Å²) in [4.78, 5) is 13.3. The summed E-state index contributed by atoms with van der Waals surface area (Å²) in [6, 6.07) is 13.2. The van der Waals surface area contributed by atoms with E-state index in [-0.39, 0.29) is 12.1 Å². The molecule has 10 nitrogen and oxygen atoms in total. The molecule has 0 saturated heterocycles. The van der Waals surface area contributed by atoms with Crippen molar-refractivity contribution in [3.63, 3.8) is 0 Å². The van der Waals surface area contributed by atoms with Crippen molar-refractivity contribution in [2.24, 2.45) is 0 Å². The molecule has 37 heavy (non-hydrogen) atoms. The van der Waals surface area contributed by atoms with Crippen LogP contribution in [0.25, 0.3) is 0 Å². The Hall–Kier alpha value is -3.76. The Morgan fingerprint density at radius 2 is 1.62 bits per heavy atom.